The average Bonchev–Trinajstić information content (AvgIpc) is 3.24. The molecule has 3 rings (SSSR count). The number of nitrogens with one attached hydrogen (secondary N) is 1. The van der Waals surface area contributed by atoms with Gasteiger partial charge in [0.05, 0.1) is 17.4 Å². The molecule has 0 aliphatic heterocycles. The van der Waals surface area contributed by atoms with Gasteiger partial charge in [-0.05, 0) is 50.3 Å². The van der Waals surface area contributed by atoms with E-state index in [0.717, 1.165) is 17.3 Å². The van der Waals surface area contributed by atoms with Crippen LogP contribution in [0.15, 0.2) is 42.6 Å². The van der Waals surface area contributed by atoms with E-state index in [0.29, 0.717) is 6.04 Å². The first kappa shape index (κ1) is 12.2. The zero-order valence-corrected chi connectivity index (χ0v) is 11.6. The Kier molecular flexibility index (Phi) is 3.24. The number of pyridine rings is 1. The Labute approximate surface area is 114 Å². The lowest BCUT2D eigenvalue weighted by atomic mass is 10.0. The number of rotatable bonds is 4. The molecule has 0 saturated heterocycles. The van der Waals surface area contributed by atoms with Crippen LogP contribution in [-0.4, -0.2) is 4.98 Å². The molecule has 0 radical (unpaired) electrons. The van der Waals surface area contributed by atoms with Gasteiger partial charge in [0.2, 0.25) is 0 Å². The summed E-state index contributed by atoms with van der Waals surface area (Å²) in [7, 11) is 0. The molecule has 19 heavy (non-hydrogen) atoms. The van der Waals surface area contributed by atoms with Crippen LogP contribution in [0.2, 0.25) is 0 Å². The van der Waals surface area contributed by atoms with Crippen molar-refractivity contribution in [3.05, 3.63) is 59.4 Å². The van der Waals surface area contributed by atoms with Crippen molar-refractivity contribution < 1.29 is 0 Å². The molecule has 1 fully saturated rings. The highest BCUT2D eigenvalue weighted by Gasteiger charge is 2.32. The van der Waals surface area contributed by atoms with Crippen molar-refractivity contribution in [1.29, 1.82) is 0 Å². The highest BCUT2D eigenvalue weighted by atomic mass is 15.0. The van der Waals surface area contributed by atoms with Crippen molar-refractivity contribution in [3.63, 3.8) is 0 Å². The summed E-state index contributed by atoms with van der Waals surface area (Å²) in [6.07, 6.45) is 4.49. The molecule has 2 aromatic rings. The van der Waals surface area contributed by atoms with Gasteiger partial charge >= 0.3 is 0 Å². The highest BCUT2D eigenvalue weighted by molar-refractivity contribution is 5.49. The van der Waals surface area contributed by atoms with Crippen LogP contribution in [0.25, 0.3) is 0 Å². The second-order valence-corrected chi connectivity index (χ2v) is 5.51. The molecule has 1 atom stereocenters. The van der Waals surface area contributed by atoms with Gasteiger partial charge in [0.15, 0.2) is 0 Å². The molecule has 0 amide bonds. The van der Waals surface area contributed by atoms with Crippen LogP contribution in [0.3, 0.4) is 0 Å². The van der Waals surface area contributed by atoms with E-state index in [9.17, 15) is 0 Å². The van der Waals surface area contributed by atoms with Crippen LogP contribution >= 0.6 is 0 Å². The van der Waals surface area contributed by atoms with E-state index in [4.69, 9.17) is 0 Å². The maximum atomic E-state index is 4.36. The predicted molar refractivity (Wildman–Crippen MR) is 79.2 cm³/mol. The number of nitrogens with zero attached hydrogens (tertiary/aromatic N) is 1. The third kappa shape index (κ3) is 2.78. The van der Waals surface area contributed by atoms with E-state index in [2.05, 4.69) is 54.5 Å². The van der Waals surface area contributed by atoms with Crippen molar-refractivity contribution >= 4 is 5.69 Å². The monoisotopic (exact) mass is 252 g/mol. The Hall–Kier alpha value is -1.83. The molecule has 1 aromatic carbocycles. The number of anilines is 1. The van der Waals surface area contributed by atoms with E-state index >= 15 is 0 Å². The van der Waals surface area contributed by atoms with Crippen LogP contribution in [0, 0.1) is 19.8 Å². The quantitative estimate of drug-likeness (QED) is 0.879. The van der Waals surface area contributed by atoms with Gasteiger partial charge in [-0.2, -0.15) is 0 Å². The van der Waals surface area contributed by atoms with Gasteiger partial charge < -0.3 is 5.32 Å². The molecule has 0 bridgehead atoms. The third-order valence-corrected chi connectivity index (χ3v) is 3.85. The maximum Gasteiger partial charge on any atom is 0.0603 e. The molecule has 2 nitrogen and oxygen atoms in total. The largest absolute Gasteiger partial charge is 0.376 e. The number of hydrogen-bond acceptors (Lipinski definition) is 2. The second kappa shape index (κ2) is 5.04. The maximum absolute atomic E-state index is 4.36. The Morgan fingerprint density at radius 3 is 2.47 bits per heavy atom. The standard InChI is InChI=1S/C17H20N2/c1-12-5-7-14(8-6-12)17(15-9-10-15)19-16-4-3-11-18-13(16)2/h3-8,11,15,17,19H,9-10H2,1-2H3. The molecule has 2 heteroatoms. The minimum Gasteiger partial charge on any atom is -0.376 e. The molecule has 1 aromatic heterocycles. The molecule has 1 heterocycles. The average molecular weight is 252 g/mol. The predicted octanol–water partition coefficient (Wildman–Crippen LogP) is 4.26. The van der Waals surface area contributed by atoms with E-state index < -0.39 is 0 Å². The Morgan fingerprint density at radius 1 is 1.11 bits per heavy atom. The Balaban J connectivity index is 1.86. The first-order chi connectivity index (χ1) is 9.24. The Bertz CT molecular complexity index is 556. The minimum atomic E-state index is 0.420. The second-order valence-electron chi connectivity index (χ2n) is 5.51. The minimum absolute atomic E-state index is 0.420. The number of hydrogen-bond donors (Lipinski definition) is 1. The summed E-state index contributed by atoms with van der Waals surface area (Å²) in [6, 6.07) is 13.4. The van der Waals surface area contributed by atoms with Crippen LogP contribution in [0.1, 0.15) is 35.7 Å². The zero-order valence-electron chi connectivity index (χ0n) is 11.6. The van der Waals surface area contributed by atoms with Crippen molar-refractivity contribution in [2.45, 2.75) is 32.7 Å². The van der Waals surface area contributed by atoms with Crippen LogP contribution < -0.4 is 5.32 Å². The van der Waals surface area contributed by atoms with E-state index in [-0.39, 0.29) is 0 Å². The lowest BCUT2D eigenvalue weighted by Gasteiger charge is -2.21. The Morgan fingerprint density at radius 2 is 1.84 bits per heavy atom. The normalized spacial score (nSPS) is 16.1. The van der Waals surface area contributed by atoms with Gasteiger partial charge in [0.1, 0.15) is 0 Å². The molecule has 1 N–H and O–H groups in total. The van der Waals surface area contributed by atoms with Gasteiger partial charge in [0.25, 0.3) is 0 Å². The lowest BCUT2D eigenvalue weighted by Crippen LogP contribution is -2.14. The molecule has 1 aliphatic carbocycles. The summed E-state index contributed by atoms with van der Waals surface area (Å²) in [5.41, 5.74) is 4.92. The molecule has 1 aliphatic rings. The summed E-state index contributed by atoms with van der Waals surface area (Å²) in [5, 5.41) is 3.68. The first-order valence-electron chi connectivity index (χ1n) is 6.99. The number of benzene rings is 1. The van der Waals surface area contributed by atoms with Crippen molar-refractivity contribution in [2.75, 3.05) is 5.32 Å². The van der Waals surface area contributed by atoms with Crippen molar-refractivity contribution in [3.8, 4) is 0 Å². The van der Waals surface area contributed by atoms with Crippen LogP contribution in [0.4, 0.5) is 5.69 Å². The molecule has 98 valence electrons. The van der Waals surface area contributed by atoms with Crippen LogP contribution in [-0.2, 0) is 0 Å². The van der Waals surface area contributed by atoms with E-state index in [1.807, 2.05) is 12.3 Å². The smallest absolute Gasteiger partial charge is 0.0603 e. The van der Waals surface area contributed by atoms with Crippen molar-refractivity contribution in [1.82, 2.24) is 4.98 Å². The molecular weight excluding hydrogens is 232 g/mol. The summed E-state index contributed by atoms with van der Waals surface area (Å²) < 4.78 is 0. The topological polar surface area (TPSA) is 24.9 Å². The lowest BCUT2D eigenvalue weighted by molar-refractivity contribution is 0.677. The zero-order chi connectivity index (χ0) is 13.2. The molecule has 1 unspecified atom stereocenters. The first-order valence-corrected chi connectivity index (χ1v) is 6.99. The summed E-state index contributed by atoms with van der Waals surface area (Å²) >= 11 is 0. The fourth-order valence-electron chi connectivity index (χ4n) is 2.48. The molecule has 0 spiro atoms. The van der Waals surface area contributed by atoms with Gasteiger partial charge in [-0.25, -0.2) is 0 Å². The summed E-state index contributed by atoms with van der Waals surface area (Å²) in [4.78, 5) is 4.36. The number of aromatic nitrogens is 1. The van der Waals surface area contributed by atoms with Crippen LogP contribution in [0.5, 0.6) is 0 Å². The fraction of sp³-hybridized carbons (Fsp3) is 0.353. The third-order valence-electron chi connectivity index (χ3n) is 3.85. The van der Waals surface area contributed by atoms with Gasteiger partial charge in [-0.1, -0.05) is 29.8 Å². The molecular formula is C17H20N2. The number of aryl methyl sites for hydroxylation is 2. The fourth-order valence-corrected chi connectivity index (χ4v) is 2.48. The molecule has 1 saturated carbocycles. The summed E-state index contributed by atoms with van der Waals surface area (Å²) in [5.74, 6) is 0.766. The van der Waals surface area contributed by atoms with Gasteiger partial charge in [-0.3, -0.25) is 4.98 Å². The summed E-state index contributed by atoms with van der Waals surface area (Å²) in [6.45, 7) is 4.19. The van der Waals surface area contributed by atoms with E-state index in [1.165, 1.54) is 24.0 Å². The van der Waals surface area contributed by atoms with Gasteiger partial charge in [0, 0.05) is 6.20 Å². The van der Waals surface area contributed by atoms with Crippen molar-refractivity contribution in [2.24, 2.45) is 5.92 Å². The SMILES string of the molecule is Cc1ccc(C(Nc2cccnc2C)C2CC2)cc1. The van der Waals surface area contributed by atoms with E-state index in [1.54, 1.807) is 0 Å². The highest BCUT2D eigenvalue weighted by Crippen LogP contribution is 2.43. The van der Waals surface area contributed by atoms with Gasteiger partial charge in [-0.15, -0.1) is 0 Å².